The van der Waals surface area contributed by atoms with E-state index in [9.17, 15) is 0 Å². The SMILES string of the molecule is Cc1cc(Cl)cc(C(Br)Br)n1. The highest BCUT2D eigenvalue weighted by Crippen LogP contribution is 2.29. The first-order valence-corrected chi connectivity index (χ1v) is 5.23. The van der Waals surface area contributed by atoms with Crippen LogP contribution in [0.4, 0.5) is 0 Å². The van der Waals surface area contributed by atoms with Crippen molar-refractivity contribution in [1.82, 2.24) is 4.98 Å². The van der Waals surface area contributed by atoms with Crippen molar-refractivity contribution in [3.05, 3.63) is 28.5 Å². The van der Waals surface area contributed by atoms with E-state index in [4.69, 9.17) is 11.6 Å². The second-order valence-corrected chi connectivity index (χ2v) is 5.65. The van der Waals surface area contributed by atoms with E-state index >= 15 is 0 Å². The van der Waals surface area contributed by atoms with E-state index in [0.717, 1.165) is 16.4 Å². The molecule has 0 saturated carbocycles. The largest absolute Gasteiger partial charge is 0.256 e. The number of aryl methyl sites for hydroxylation is 1. The Morgan fingerprint density at radius 1 is 1.45 bits per heavy atom. The van der Waals surface area contributed by atoms with Gasteiger partial charge in [-0.3, -0.25) is 4.98 Å². The van der Waals surface area contributed by atoms with E-state index in [1.54, 1.807) is 0 Å². The Kier molecular flexibility index (Phi) is 3.34. The molecule has 0 fully saturated rings. The van der Waals surface area contributed by atoms with Gasteiger partial charge in [0.05, 0.1) is 5.69 Å². The highest BCUT2D eigenvalue weighted by atomic mass is 79.9. The molecule has 0 bridgehead atoms. The number of halogens is 3. The number of hydrogen-bond acceptors (Lipinski definition) is 1. The quantitative estimate of drug-likeness (QED) is 0.718. The molecule has 1 rings (SSSR count). The van der Waals surface area contributed by atoms with Gasteiger partial charge in [-0.15, -0.1) is 0 Å². The molecule has 0 atom stereocenters. The van der Waals surface area contributed by atoms with Crippen molar-refractivity contribution in [2.45, 2.75) is 10.7 Å². The van der Waals surface area contributed by atoms with Crippen molar-refractivity contribution in [2.75, 3.05) is 0 Å². The Balaban J connectivity index is 3.08. The summed E-state index contributed by atoms with van der Waals surface area (Å²) in [7, 11) is 0. The number of rotatable bonds is 1. The molecular formula is C7H6Br2ClN. The number of hydrogen-bond donors (Lipinski definition) is 0. The minimum Gasteiger partial charge on any atom is -0.256 e. The van der Waals surface area contributed by atoms with Gasteiger partial charge in [-0.2, -0.15) is 0 Å². The molecule has 1 heterocycles. The highest BCUT2D eigenvalue weighted by molar-refractivity contribution is 9.24. The zero-order chi connectivity index (χ0) is 8.43. The average Bonchev–Trinajstić information content (AvgIpc) is 1.85. The molecule has 60 valence electrons. The molecule has 0 radical (unpaired) electrons. The smallest absolute Gasteiger partial charge is 0.112 e. The number of aromatic nitrogens is 1. The second kappa shape index (κ2) is 3.87. The molecular weight excluding hydrogens is 293 g/mol. The molecule has 1 aromatic rings. The maximum atomic E-state index is 5.81. The van der Waals surface area contributed by atoms with Crippen LogP contribution >= 0.6 is 43.5 Å². The fourth-order valence-electron chi connectivity index (χ4n) is 0.762. The van der Waals surface area contributed by atoms with Gasteiger partial charge < -0.3 is 0 Å². The van der Waals surface area contributed by atoms with Gasteiger partial charge >= 0.3 is 0 Å². The predicted octanol–water partition coefficient (Wildman–Crippen LogP) is 3.83. The predicted molar refractivity (Wildman–Crippen MR) is 54.6 cm³/mol. The van der Waals surface area contributed by atoms with Gasteiger partial charge in [0.1, 0.15) is 3.74 Å². The Hall–Kier alpha value is 0.400. The lowest BCUT2D eigenvalue weighted by molar-refractivity contribution is 1.11. The zero-order valence-corrected chi connectivity index (χ0v) is 9.74. The van der Waals surface area contributed by atoms with E-state index < -0.39 is 0 Å². The van der Waals surface area contributed by atoms with Gasteiger partial charge in [0.2, 0.25) is 0 Å². The third-order valence-electron chi connectivity index (χ3n) is 1.16. The van der Waals surface area contributed by atoms with Gasteiger partial charge in [0, 0.05) is 10.7 Å². The lowest BCUT2D eigenvalue weighted by atomic mass is 10.3. The molecule has 0 aliphatic rings. The number of pyridine rings is 1. The molecule has 11 heavy (non-hydrogen) atoms. The maximum Gasteiger partial charge on any atom is 0.112 e. The summed E-state index contributed by atoms with van der Waals surface area (Å²) in [6.07, 6.45) is 0. The Labute approximate surface area is 87.4 Å². The van der Waals surface area contributed by atoms with Crippen molar-refractivity contribution in [3.8, 4) is 0 Å². The molecule has 1 aromatic heterocycles. The van der Waals surface area contributed by atoms with Crippen LogP contribution in [0.25, 0.3) is 0 Å². The fourth-order valence-corrected chi connectivity index (χ4v) is 1.50. The Morgan fingerprint density at radius 3 is 2.55 bits per heavy atom. The van der Waals surface area contributed by atoms with Crippen molar-refractivity contribution >= 4 is 43.5 Å². The van der Waals surface area contributed by atoms with E-state index in [1.807, 2.05) is 19.1 Å². The van der Waals surface area contributed by atoms with Gasteiger partial charge in [0.25, 0.3) is 0 Å². The van der Waals surface area contributed by atoms with Crippen LogP contribution in [-0.2, 0) is 0 Å². The van der Waals surface area contributed by atoms with E-state index in [-0.39, 0.29) is 3.74 Å². The molecule has 0 aliphatic heterocycles. The van der Waals surface area contributed by atoms with Crippen LogP contribution in [0.15, 0.2) is 12.1 Å². The Bertz CT molecular complexity index is 242. The van der Waals surface area contributed by atoms with Crippen molar-refractivity contribution in [2.24, 2.45) is 0 Å². The topological polar surface area (TPSA) is 12.9 Å². The van der Waals surface area contributed by atoms with E-state index in [0.29, 0.717) is 0 Å². The molecule has 0 aromatic carbocycles. The third kappa shape index (κ3) is 2.73. The van der Waals surface area contributed by atoms with E-state index in [2.05, 4.69) is 36.8 Å². The summed E-state index contributed by atoms with van der Waals surface area (Å²) < 4.78 is 0.0763. The normalized spacial score (nSPS) is 10.6. The van der Waals surface area contributed by atoms with Crippen LogP contribution in [-0.4, -0.2) is 4.98 Å². The zero-order valence-electron chi connectivity index (χ0n) is 5.81. The molecule has 0 N–H and O–H groups in total. The van der Waals surface area contributed by atoms with Crippen LogP contribution in [0, 0.1) is 6.92 Å². The molecule has 0 unspecified atom stereocenters. The minimum absolute atomic E-state index is 0.0763. The summed E-state index contributed by atoms with van der Waals surface area (Å²) in [5.41, 5.74) is 1.83. The minimum atomic E-state index is 0.0763. The number of alkyl halides is 2. The monoisotopic (exact) mass is 297 g/mol. The summed E-state index contributed by atoms with van der Waals surface area (Å²) in [6, 6.07) is 3.65. The van der Waals surface area contributed by atoms with Crippen LogP contribution in [0.3, 0.4) is 0 Å². The van der Waals surface area contributed by atoms with Gasteiger partial charge in [0.15, 0.2) is 0 Å². The lowest BCUT2D eigenvalue weighted by Gasteiger charge is -2.02. The fraction of sp³-hybridized carbons (Fsp3) is 0.286. The van der Waals surface area contributed by atoms with Crippen molar-refractivity contribution in [1.29, 1.82) is 0 Å². The van der Waals surface area contributed by atoms with Crippen LogP contribution < -0.4 is 0 Å². The van der Waals surface area contributed by atoms with Crippen LogP contribution in [0.2, 0.25) is 5.02 Å². The summed E-state index contributed by atoms with van der Waals surface area (Å²) in [5.74, 6) is 0. The first kappa shape index (κ1) is 9.49. The van der Waals surface area contributed by atoms with E-state index in [1.165, 1.54) is 0 Å². The molecule has 0 saturated heterocycles. The summed E-state index contributed by atoms with van der Waals surface area (Å²) in [4.78, 5) is 4.26. The average molecular weight is 299 g/mol. The van der Waals surface area contributed by atoms with Gasteiger partial charge in [-0.1, -0.05) is 43.5 Å². The van der Waals surface area contributed by atoms with Crippen LogP contribution in [0.1, 0.15) is 15.1 Å². The first-order chi connectivity index (χ1) is 5.09. The Morgan fingerprint density at radius 2 is 2.09 bits per heavy atom. The van der Waals surface area contributed by atoms with Gasteiger partial charge in [-0.05, 0) is 19.1 Å². The number of nitrogens with zero attached hydrogens (tertiary/aromatic N) is 1. The second-order valence-electron chi connectivity index (χ2n) is 2.15. The molecule has 0 aliphatic carbocycles. The molecule has 0 spiro atoms. The molecule has 0 amide bonds. The lowest BCUT2D eigenvalue weighted by Crippen LogP contribution is -1.89. The highest BCUT2D eigenvalue weighted by Gasteiger charge is 2.04. The van der Waals surface area contributed by atoms with Crippen molar-refractivity contribution < 1.29 is 0 Å². The van der Waals surface area contributed by atoms with Gasteiger partial charge in [-0.25, -0.2) is 0 Å². The first-order valence-electron chi connectivity index (χ1n) is 3.02. The maximum absolute atomic E-state index is 5.81. The van der Waals surface area contributed by atoms with Crippen molar-refractivity contribution in [3.63, 3.8) is 0 Å². The summed E-state index contributed by atoms with van der Waals surface area (Å²) >= 11 is 12.5. The third-order valence-corrected chi connectivity index (χ3v) is 2.32. The summed E-state index contributed by atoms with van der Waals surface area (Å²) in [5, 5.41) is 0.719. The van der Waals surface area contributed by atoms with Crippen LogP contribution in [0.5, 0.6) is 0 Å². The molecule has 1 nitrogen and oxygen atoms in total. The standard InChI is InChI=1S/C7H6Br2ClN/c1-4-2-5(10)3-6(11-4)7(8)9/h2-3,7H,1H3. The molecule has 4 heteroatoms. The summed E-state index contributed by atoms with van der Waals surface area (Å²) in [6.45, 7) is 1.91.